The molecule has 3 rings (SSSR count). The lowest BCUT2D eigenvalue weighted by Crippen LogP contribution is -2.63. The third kappa shape index (κ3) is 9.52. The molecule has 1 fully saturated rings. The number of amides is 3. The van der Waals surface area contributed by atoms with E-state index in [4.69, 9.17) is 15.6 Å². The minimum absolute atomic E-state index is 0.0522. The van der Waals surface area contributed by atoms with E-state index in [1.165, 1.54) is 23.4 Å². The Kier molecular flexibility index (Phi) is 10.1. The van der Waals surface area contributed by atoms with Gasteiger partial charge >= 0.3 is 18.3 Å². The zero-order valence-corrected chi connectivity index (χ0v) is 23.7. The molecule has 2 aromatic rings. The molecule has 0 bridgehead atoms. The average molecular weight is 600 g/mol. The van der Waals surface area contributed by atoms with Gasteiger partial charge in [-0.2, -0.15) is 18.4 Å². The molecule has 5 N–H and O–H groups in total. The first-order chi connectivity index (χ1) is 20.2. The van der Waals surface area contributed by atoms with Gasteiger partial charge in [0.05, 0.1) is 43.4 Å². The molecule has 0 aliphatic carbocycles. The monoisotopic (exact) mass is 599 g/mol. The van der Waals surface area contributed by atoms with Crippen molar-refractivity contribution in [3.63, 3.8) is 0 Å². The van der Waals surface area contributed by atoms with Crippen LogP contribution in [0.25, 0.3) is 17.3 Å². The maximum absolute atomic E-state index is 12.3. The van der Waals surface area contributed by atoms with E-state index in [2.05, 4.69) is 26.3 Å². The van der Waals surface area contributed by atoms with Crippen molar-refractivity contribution in [3.8, 4) is 17.3 Å². The maximum atomic E-state index is 12.3. The van der Waals surface area contributed by atoms with Crippen molar-refractivity contribution in [3.05, 3.63) is 41.9 Å². The number of urea groups is 1. The second-order valence-electron chi connectivity index (χ2n) is 10.8. The molecule has 0 saturated carbocycles. The number of hydrogen-bond acceptors (Lipinski definition) is 8. The van der Waals surface area contributed by atoms with Crippen molar-refractivity contribution in [1.82, 2.24) is 20.2 Å². The number of aliphatic imine (C=N–C) groups is 1. The Bertz CT molecular complexity index is 1450. The molecule has 1 aliphatic heterocycles. The van der Waals surface area contributed by atoms with Crippen LogP contribution >= 0.6 is 0 Å². The molecule has 2 heterocycles. The minimum atomic E-state index is -4.53. The number of nitrogens with zero attached hydrogens (tertiary/aromatic N) is 4. The van der Waals surface area contributed by atoms with Gasteiger partial charge < -0.3 is 36.1 Å². The number of imidazole rings is 1. The summed E-state index contributed by atoms with van der Waals surface area (Å²) in [4.78, 5) is 37.5. The molecule has 1 atom stereocenters. The Morgan fingerprint density at radius 2 is 2.02 bits per heavy atom. The van der Waals surface area contributed by atoms with Gasteiger partial charge in [0.25, 0.3) is 0 Å². The Balaban J connectivity index is 1.71. The molecule has 0 spiro atoms. The van der Waals surface area contributed by atoms with Gasteiger partial charge in [0, 0.05) is 29.9 Å². The summed E-state index contributed by atoms with van der Waals surface area (Å²) >= 11 is 0. The maximum Gasteiger partial charge on any atom is 0.410 e. The first kappa shape index (κ1) is 32.5. The fourth-order valence-electron chi connectivity index (χ4n) is 4.04. The summed E-state index contributed by atoms with van der Waals surface area (Å²) in [5, 5.41) is 29.2. The largest absolute Gasteiger partial charge is 0.444 e. The number of allylic oxidation sites excluding steroid dienone is 1. The quantitative estimate of drug-likeness (QED) is 0.240. The van der Waals surface area contributed by atoms with Crippen molar-refractivity contribution in [2.45, 2.75) is 44.5 Å². The highest BCUT2D eigenvalue weighted by molar-refractivity contribution is 5.99. The van der Waals surface area contributed by atoms with Crippen LogP contribution < -0.4 is 10.6 Å². The van der Waals surface area contributed by atoms with Crippen LogP contribution in [0.5, 0.6) is 0 Å². The highest BCUT2D eigenvalue weighted by Crippen LogP contribution is 2.30. The number of anilines is 1. The molecule has 0 radical (unpaired) electrons. The van der Waals surface area contributed by atoms with Gasteiger partial charge in [-0.15, -0.1) is 0 Å². The third-order valence-corrected chi connectivity index (χ3v) is 6.05. The van der Waals surface area contributed by atoms with Crippen LogP contribution in [-0.2, 0) is 4.74 Å². The molecule has 1 unspecified atom stereocenters. The van der Waals surface area contributed by atoms with Gasteiger partial charge in [-0.05, 0) is 44.6 Å². The number of likely N-dealkylation sites (tertiary alicyclic amines) is 1. The number of benzene rings is 1. The summed E-state index contributed by atoms with van der Waals surface area (Å²) < 4.78 is 42.4. The number of carbonyl (C=O) groups is 2. The number of rotatable bonds is 10. The van der Waals surface area contributed by atoms with E-state index in [0.29, 0.717) is 22.7 Å². The van der Waals surface area contributed by atoms with Gasteiger partial charge in [0.15, 0.2) is 0 Å². The fraction of sp³-hybridized carbons (Fsp3) is 0.393. The Labute approximate surface area is 246 Å². The number of nitrogens with one attached hydrogen (secondary N) is 5. The number of aromatic nitrogens is 2. The first-order valence-electron chi connectivity index (χ1n) is 13.1. The molecule has 12 nitrogen and oxygen atoms in total. The topological polar surface area (TPSA) is 183 Å². The molecule has 1 saturated heterocycles. The third-order valence-electron chi connectivity index (χ3n) is 6.05. The Morgan fingerprint density at radius 1 is 1.30 bits per heavy atom. The molecule has 15 heteroatoms. The number of aromatic amines is 1. The van der Waals surface area contributed by atoms with Crippen LogP contribution in [-0.4, -0.2) is 82.6 Å². The lowest BCUT2D eigenvalue weighted by atomic mass is 9.87. The lowest BCUT2D eigenvalue weighted by Gasteiger charge is -2.46. The molecule has 3 amide bonds. The second kappa shape index (κ2) is 13.3. The second-order valence-corrected chi connectivity index (χ2v) is 10.8. The summed E-state index contributed by atoms with van der Waals surface area (Å²) in [7, 11) is 0. The van der Waals surface area contributed by atoms with Crippen LogP contribution in [0.4, 0.5) is 28.4 Å². The van der Waals surface area contributed by atoms with Crippen molar-refractivity contribution in [1.29, 1.82) is 16.1 Å². The average Bonchev–Trinajstić information content (AvgIpc) is 3.37. The van der Waals surface area contributed by atoms with E-state index < -0.39 is 41.9 Å². The van der Waals surface area contributed by atoms with Crippen molar-refractivity contribution >= 4 is 42.5 Å². The van der Waals surface area contributed by atoms with Gasteiger partial charge in [-0.3, -0.25) is 4.99 Å². The summed E-state index contributed by atoms with van der Waals surface area (Å²) in [5.74, 6) is -0.374. The number of hydrogen-bond donors (Lipinski definition) is 5. The number of ether oxygens (including phenoxy) is 1. The zero-order valence-electron chi connectivity index (χ0n) is 23.7. The fourth-order valence-corrected chi connectivity index (χ4v) is 4.04. The highest BCUT2D eigenvalue weighted by atomic mass is 19.4. The molecule has 1 aromatic carbocycles. The van der Waals surface area contributed by atoms with Gasteiger partial charge in [-0.1, -0.05) is 12.1 Å². The van der Waals surface area contributed by atoms with Crippen LogP contribution in [0, 0.1) is 28.1 Å². The van der Waals surface area contributed by atoms with Crippen molar-refractivity contribution in [2.75, 3.05) is 25.0 Å². The zero-order chi connectivity index (χ0) is 31.8. The van der Waals surface area contributed by atoms with E-state index in [1.807, 2.05) is 0 Å². The normalized spacial score (nSPS) is 15.7. The van der Waals surface area contributed by atoms with E-state index in [0.717, 1.165) is 12.4 Å². The molecule has 1 aliphatic rings. The number of alkyl halides is 3. The molecular formula is C28H32F3N9O3. The lowest BCUT2D eigenvalue weighted by molar-refractivity contribution is -0.122. The van der Waals surface area contributed by atoms with Gasteiger partial charge in [0.2, 0.25) is 0 Å². The molecule has 43 heavy (non-hydrogen) atoms. The van der Waals surface area contributed by atoms with E-state index in [1.54, 1.807) is 50.4 Å². The highest BCUT2D eigenvalue weighted by Gasteiger charge is 2.46. The van der Waals surface area contributed by atoms with Crippen LogP contribution in [0.3, 0.4) is 0 Å². The van der Waals surface area contributed by atoms with E-state index in [9.17, 15) is 28.0 Å². The molecule has 1 aromatic heterocycles. The van der Waals surface area contributed by atoms with Crippen LogP contribution in [0.2, 0.25) is 0 Å². The Hall–Kier alpha value is -5.00. The summed E-state index contributed by atoms with van der Waals surface area (Å²) in [6.45, 7) is 4.17. The van der Waals surface area contributed by atoms with Crippen LogP contribution in [0.15, 0.2) is 41.0 Å². The summed E-state index contributed by atoms with van der Waals surface area (Å²) in [6.07, 6.45) is 1.69. The van der Waals surface area contributed by atoms with Gasteiger partial charge in [0.1, 0.15) is 23.5 Å². The summed E-state index contributed by atoms with van der Waals surface area (Å²) in [5.41, 5.74) is 0.230. The molecule has 228 valence electrons. The first-order valence-corrected chi connectivity index (χ1v) is 13.1. The standard InChI is InChI=1S/C28H32F3N9O3/c1-26(2,3)43-25(42)40-16-27(17-40,7-8-32)37-13-20(12-34)19(11-33)10-23-35-14-22(39-23)18-5-4-6-21(9-18)38-24(41)36-15-28(29,30)31/h4-6,9-14,20,33-34H,7,15-17H2,1-3H3,(H,35,39)(H2,36,38,41)/b19-10+,33-11?,34-12?,37-13?. The predicted octanol–water partition coefficient (Wildman–Crippen LogP) is 5.03. The van der Waals surface area contributed by atoms with Crippen molar-refractivity contribution in [2.24, 2.45) is 10.9 Å². The van der Waals surface area contributed by atoms with E-state index in [-0.39, 0.29) is 25.2 Å². The number of carbonyl (C=O) groups excluding carboxylic acids is 2. The smallest absolute Gasteiger partial charge is 0.410 e. The Morgan fingerprint density at radius 3 is 2.63 bits per heavy atom. The van der Waals surface area contributed by atoms with Gasteiger partial charge in [-0.25, -0.2) is 14.6 Å². The van der Waals surface area contributed by atoms with E-state index >= 15 is 0 Å². The number of nitriles is 1. The SMILES string of the molecule is CC(C)(C)OC(=O)N1CC(CC#N)(N=CC(C=N)/C(C=N)=C/c2ncc(-c3cccc(NC(=O)NCC(F)(F)F)c3)[nH]2)C1. The predicted molar refractivity (Wildman–Crippen MR) is 155 cm³/mol. The van der Waals surface area contributed by atoms with Crippen LogP contribution in [0.1, 0.15) is 33.0 Å². The number of H-pyrrole nitrogens is 1. The summed E-state index contributed by atoms with van der Waals surface area (Å²) in [6, 6.07) is 7.47. The molecular weight excluding hydrogens is 567 g/mol. The number of halogens is 3. The minimum Gasteiger partial charge on any atom is -0.444 e. The van der Waals surface area contributed by atoms with Crippen molar-refractivity contribution < 1.29 is 27.5 Å².